The van der Waals surface area contributed by atoms with Crippen molar-refractivity contribution in [2.45, 2.75) is 19.4 Å². The summed E-state index contributed by atoms with van der Waals surface area (Å²) in [4.78, 5) is 11.9. The van der Waals surface area contributed by atoms with E-state index in [2.05, 4.69) is 5.10 Å². The van der Waals surface area contributed by atoms with Crippen molar-refractivity contribution in [2.24, 2.45) is 5.10 Å². The lowest BCUT2D eigenvalue weighted by atomic mass is 10.1. The molecule has 20 heavy (non-hydrogen) atoms. The highest BCUT2D eigenvalue weighted by Crippen LogP contribution is 2.33. The van der Waals surface area contributed by atoms with Crippen LogP contribution in [0.15, 0.2) is 44.5 Å². The Morgan fingerprint density at radius 2 is 2.35 bits per heavy atom. The SMILES string of the molecule is Cc1ccc(C2=NN(C(=O)CCl)[C@H](c3ccco3)C2)o1. The average Bonchev–Trinajstić information content (AvgIpc) is 3.16. The highest BCUT2D eigenvalue weighted by molar-refractivity contribution is 6.27. The van der Waals surface area contributed by atoms with E-state index in [1.807, 2.05) is 25.1 Å². The summed E-state index contributed by atoms with van der Waals surface area (Å²) in [7, 11) is 0. The van der Waals surface area contributed by atoms with Crippen LogP contribution in [0, 0.1) is 6.92 Å². The summed E-state index contributed by atoms with van der Waals surface area (Å²) < 4.78 is 11.0. The zero-order valence-corrected chi connectivity index (χ0v) is 11.6. The largest absolute Gasteiger partial charge is 0.467 e. The molecule has 1 aliphatic rings. The van der Waals surface area contributed by atoms with Crippen LogP contribution >= 0.6 is 11.6 Å². The van der Waals surface area contributed by atoms with Gasteiger partial charge in [0, 0.05) is 6.42 Å². The Morgan fingerprint density at radius 3 is 2.95 bits per heavy atom. The summed E-state index contributed by atoms with van der Waals surface area (Å²) in [5.74, 6) is 1.78. The molecule has 0 unspecified atom stereocenters. The monoisotopic (exact) mass is 292 g/mol. The van der Waals surface area contributed by atoms with Gasteiger partial charge in [-0.05, 0) is 31.2 Å². The first-order valence-electron chi connectivity index (χ1n) is 6.24. The number of carbonyl (C=O) groups excluding carboxylic acids is 1. The summed E-state index contributed by atoms with van der Waals surface area (Å²) >= 11 is 5.64. The highest BCUT2D eigenvalue weighted by atomic mass is 35.5. The van der Waals surface area contributed by atoms with Crippen LogP contribution in [-0.4, -0.2) is 22.5 Å². The van der Waals surface area contributed by atoms with Crippen molar-refractivity contribution in [2.75, 3.05) is 5.88 Å². The fraction of sp³-hybridized carbons (Fsp3) is 0.286. The highest BCUT2D eigenvalue weighted by Gasteiger charge is 2.35. The first kappa shape index (κ1) is 13.0. The second-order valence-corrected chi connectivity index (χ2v) is 4.83. The Kier molecular flexibility index (Phi) is 3.36. The molecule has 104 valence electrons. The van der Waals surface area contributed by atoms with Gasteiger partial charge in [-0.1, -0.05) is 0 Å². The molecule has 0 bridgehead atoms. The Balaban J connectivity index is 1.93. The molecule has 0 N–H and O–H groups in total. The van der Waals surface area contributed by atoms with Crippen molar-refractivity contribution < 1.29 is 13.6 Å². The summed E-state index contributed by atoms with van der Waals surface area (Å²) in [6.07, 6.45) is 2.12. The normalized spacial score (nSPS) is 18.4. The standard InChI is InChI=1S/C14H13ClN2O3/c1-9-4-5-12(20-9)10-7-11(13-3-2-6-19-13)17(16-10)14(18)8-15/h2-6,11H,7-8H2,1H3/t11-/m0/s1. The third-order valence-corrected chi connectivity index (χ3v) is 3.41. The number of carbonyl (C=O) groups is 1. The number of alkyl halides is 1. The molecular weight excluding hydrogens is 280 g/mol. The minimum absolute atomic E-state index is 0.120. The maximum absolute atomic E-state index is 11.9. The molecule has 0 aromatic carbocycles. The van der Waals surface area contributed by atoms with Gasteiger partial charge in [0.25, 0.3) is 5.91 Å². The molecule has 2 aromatic rings. The molecule has 5 nitrogen and oxygen atoms in total. The number of furan rings is 2. The lowest BCUT2D eigenvalue weighted by Gasteiger charge is -2.18. The topological polar surface area (TPSA) is 59.0 Å². The predicted molar refractivity (Wildman–Crippen MR) is 73.6 cm³/mol. The second kappa shape index (κ2) is 5.17. The molecule has 3 rings (SSSR count). The molecule has 1 atom stereocenters. The van der Waals surface area contributed by atoms with Crippen LogP contribution in [0.4, 0.5) is 0 Å². The summed E-state index contributed by atoms with van der Waals surface area (Å²) in [5.41, 5.74) is 0.720. The van der Waals surface area contributed by atoms with Gasteiger partial charge in [0.15, 0.2) is 0 Å². The third-order valence-electron chi connectivity index (χ3n) is 3.18. The molecule has 0 fully saturated rings. The first-order chi connectivity index (χ1) is 9.69. The number of hydrogen-bond donors (Lipinski definition) is 0. The van der Waals surface area contributed by atoms with E-state index < -0.39 is 0 Å². The number of amides is 1. The first-order valence-corrected chi connectivity index (χ1v) is 6.78. The Labute approximate surface area is 120 Å². The summed E-state index contributed by atoms with van der Waals surface area (Å²) in [6, 6.07) is 7.06. The molecule has 0 saturated carbocycles. The zero-order valence-electron chi connectivity index (χ0n) is 10.9. The van der Waals surface area contributed by atoms with E-state index in [9.17, 15) is 4.79 Å². The smallest absolute Gasteiger partial charge is 0.258 e. The number of aryl methyl sites for hydroxylation is 1. The summed E-state index contributed by atoms with van der Waals surface area (Å²) in [6.45, 7) is 1.87. The van der Waals surface area contributed by atoms with Crippen molar-refractivity contribution in [1.82, 2.24) is 5.01 Å². The van der Waals surface area contributed by atoms with Crippen molar-refractivity contribution in [3.05, 3.63) is 47.8 Å². The van der Waals surface area contributed by atoms with E-state index in [4.69, 9.17) is 20.4 Å². The van der Waals surface area contributed by atoms with Crippen LogP contribution in [0.3, 0.4) is 0 Å². The maximum atomic E-state index is 11.9. The molecule has 2 aromatic heterocycles. The van der Waals surface area contributed by atoms with Crippen molar-refractivity contribution in [1.29, 1.82) is 0 Å². The second-order valence-electron chi connectivity index (χ2n) is 4.56. The van der Waals surface area contributed by atoms with Gasteiger partial charge in [-0.25, -0.2) is 5.01 Å². The molecule has 1 amide bonds. The van der Waals surface area contributed by atoms with Crippen molar-refractivity contribution >= 4 is 23.2 Å². The van der Waals surface area contributed by atoms with E-state index in [-0.39, 0.29) is 17.8 Å². The van der Waals surface area contributed by atoms with Gasteiger partial charge in [0.2, 0.25) is 0 Å². The molecule has 0 saturated heterocycles. The van der Waals surface area contributed by atoms with Gasteiger partial charge in [-0.3, -0.25) is 4.79 Å². The molecule has 6 heteroatoms. The van der Waals surface area contributed by atoms with Crippen molar-refractivity contribution in [3.8, 4) is 0 Å². The third kappa shape index (κ3) is 2.25. The molecular formula is C14H13ClN2O3. The van der Waals surface area contributed by atoms with E-state index >= 15 is 0 Å². The number of rotatable bonds is 3. The molecule has 0 radical (unpaired) electrons. The molecule has 0 spiro atoms. The van der Waals surface area contributed by atoms with Gasteiger partial charge in [-0.15, -0.1) is 11.6 Å². The van der Waals surface area contributed by atoms with Gasteiger partial charge in [0.1, 0.15) is 34.9 Å². The number of halogens is 1. The minimum atomic E-state index is -0.267. The fourth-order valence-corrected chi connectivity index (χ4v) is 2.36. The van der Waals surface area contributed by atoms with Crippen molar-refractivity contribution in [3.63, 3.8) is 0 Å². The van der Waals surface area contributed by atoms with E-state index in [0.717, 1.165) is 11.5 Å². The van der Waals surface area contributed by atoms with Crippen LogP contribution in [0.2, 0.25) is 0 Å². The molecule has 0 aliphatic carbocycles. The number of nitrogens with zero attached hydrogens (tertiary/aromatic N) is 2. The lowest BCUT2D eigenvalue weighted by molar-refractivity contribution is -0.130. The van der Waals surface area contributed by atoms with Gasteiger partial charge in [0.05, 0.1) is 6.26 Å². The van der Waals surface area contributed by atoms with Crippen LogP contribution in [-0.2, 0) is 4.79 Å². The van der Waals surface area contributed by atoms with Gasteiger partial charge < -0.3 is 8.83 Å². The average molecular weight is 293 g/mol. The van der Waals surface area contributed by atoms with Gasteiger partial charge in [-0.2, -0.15) is 5.10 Å². The number of hydrazone groups is 1. The Bertz CT molecular complexity index is 645. The fourth-order valence-electron chi connectivity index (χ4n) is 2.24. The Morgan fingerprint density at radius 1 is 1.50 bits per heavy atom. The van der Waals surface area contributed by atoms with Crippen LogP contribution in [0.25, 0.3) is 0 Å². The van der Waals surface area contributed by atoms with Crippen LogP contribution in [0.1, 0.15) is 29.7 Å². The molecule has 3 heterocycles. The maximum Gasteiger partial charge on any atom is 0.258 e. The quantitative estimate of drug-likeness (QED) is 0.817. The van der Waals surface area contributed by atoms with E-state index in [1.54, 1.807) is 12.3 Å². The van der Waals surface area contributed by atoms with E-state index in [1.165, 1.54) is 5.01 Å². The zero-order chi connectivity index (χ0) is 14.1. The van der Waals surface area contributed by atoms with Gasteiger partial charge >= 0.3 is 0 Å². The lowest BCUT2D eigenvalue weighted by Crippen LogP contribution is -2.27. The predicted octanol–water partition coefficient (Wildman–Crippen LogP) is 3.10. The minimum Gasteiger partial charge on any atom is -0.467 e. The van der Waals surface area contributed by atoms with E-state index in [0.29, 0.717) is 17.9 Å². The van der Waals surface area contributed by atoms with Crippen LogP contribution < -0.4 is 0 Å². The van der Waals surface area contributed by atoms with Crippen LogP contribution in [0.5, 0.6) is 0 Å². The number of hydrogen-bond acceptors (Lipinski definition) is 4. The molecule has 1 aliphatic heterocycles. The Hall–Kier alpha value is -2.01. The summed E-state index contributed by atoms with van der Waals surface area (Å²) in [5, 5.41) is 5.72.